The first-order valence-electron chi connectivity index (χ1n) is 10.6. The van der Waals surface area contributed by atoms with Crippen molar-refractivity contribution in [2.45, 2.75) is 30.2 Å². The highest BCUT2D eigenvalue weighted by Crippen LogP contribution is 2.36. The second kappa shape index (κ2) is 9.64. The number of carbonyl (C=O) groups is 2. The maximum atomic E-state index is 12.9. The molecule has 1 fully saturated rings. The van der Waals surface area contributed by atoms with Crippen LogP contribution in [0.15, 0.2) is 47.4 Å². The van der Waals surface area contributed by atoms with Crippen molar-refractivity contribution in [1.82, 2.24) is 10.2 Å². The third-order valence-corrected chi connectivity index (χ3v) is 7.10. The first kappa shape index (κ1) is 21.6. The Bertz CT molecular complexity index is 964. The zero-order valence-corrected chi connectivity index (χ0v) is 18.7. The predicted molar refractivity (Wildman–Crippen MR) is 121 cm³/mol. The highest BCUT2D eigenvalue weighted by atomic mass is 32.2. The molecule has 2 atom stereocenters. The van der Waals surface area contributed by atoms with E-state index in [1.807, 2.05) is 42.1 Å². The topological polar surface area (TPSA) is 67.9 Å². The molecule has 4 rings (SSSR count). The van der Waals surface area contributed by atoms with Crippen LogP contribution in [0.5, 0.6) is 11.5 Å². The van der Waals surface area contributed by atoms with Gasteiger partial charge >= 0.3 is 0 Å². The van der Waals surface area contributed by atoms with Gasteiger partial charge in [-0.25, -0.2) is 0 Å². The second-order valence-electron chi connectivity index (χ2n) is 7.92. The standard InChI is InChI=1S/C24H28N2O4S/c1-29-20-8-7-16(13-21(20)30-2)9-11-26-15-17(14-23(26)27)24(28)25-19-10-12-31-22-6-4-3-5-18(19)22/h3-8,13,17,19H,9-12,14-15H2,1-2H3,(H,25,28)/t17-,19+/m0/s1. The maximum absolute atomic E-state index is 12.9. The van der Waals surface area contributed by atoms with Gasteiger partial charge in [-0.05, 0) is 42.2 Å². The van der Waals surface area contributed by atoms with Crippen LogP contribution in [-0.2, 0) is 16.0 Å². The van der Waals surface area contributed by atoms with Gasteiger partial charge in [0.1, 0.15) is 0 Å². The normalized spacial score (nSPS) is 20.3. The van der Waals surface area contributed by atoms with Crippen molar-refractivity contribution in [3.8, 4) is 11.5 Å². The molecule has 1 N–H and O–H groups in total. The van der Waals surface area contributed by atoms with Crippen LogP contribution < -0.4 is 14.8 Å². The molecule has 0 saturated carbocycles. The van der Waals surface area contributed by atoms with Gasteiger partial charge in [0.25, 0.3) is 0 Å². The molecule has 2 aliphatic heterocycles. The van der Waals surface area contributed by atoms with E-state index in [1.165, 1.54) is 10.5 Å². The monoisotopic (exact) mass is 440 g/mol. The first-order valence-corrected chi connectivity index (χ1v) is 11.6. The summed E-state index contributed by atoms with van der Waals surface area (Å²) < 4.78 is 10.6. The molecular weight excluding hydrogens is 412 g/mol. The number of nitrogens with zero attached hydrogens (tertiary/aromatic N) is 1. The number of benzene rings is 2. The molecule has 2 aromatic rings. The summed E-state index contributed by atoms with van der Waals surface area (Å²) in [6.07, 6.45) is 1.89. The van der Waals surface area contributed by atoms with Gasteiger partial charge in [-0.1, -0.05) is 24.3 Å². The molecule has 2 aromatic carbocycles. The predicted octanol–water partition coefficient (Wildman–Crippen LogP) is 3.45. The Hall–Kier alpha value is -2.67. The van der Waals surface area contributed by atoms with E-state index in [4.69, 9.17) is 9.47 Å². The van der Waals surface area contributed by atoms with Gasteiger partial charge in [-0.2, -0.15) is 0 Å². The summed E-state index contributed by atoms with van der Waals surface area (Å²) in [5.74, 6) is 2.08. The van der Waals surface area contributed by atoms with Crippen molar-refractivity contribution in [2.24, 2.45) is 5.92 Å². The Balaban J connectivity index is 1.34. The van der Waals surface area contributed by atoms with Gasteiger partial charge in [-0.15, -0.1) is 11.8 Å². The molecule has 2 heterocycles. The van der Waals surface area contributed by atoms with Crippen molar-refractivity contribution in [2.75, 3.05) is 33.1 Å². The lowest BCUT2D eigenvalue weighted by Crippen LogP contribution is -2.37. The van der Waals surface area contributed by atoms with E-state index in [1.54, 1.807) is 19.1 Å². The maximum Gasteiger partial charge on any atom is 0.225 e. The summed E-state index contributed by atoms with van der Waals surface area (Å²) in [5, 5.41) is 3.20. The molecule has 31 heavy (non-hydrogen) atoms. The van der Waals surface area contributed by atoms with Gasteiger partial charge < -0.3 is 19.7 Å². The minimum absolute atomic E-state index is 0.0198. The summed E-state index contributed by atoms with van der Waals surface area (Å²) in [7, 11) is 3.22. The quantitative estimate of drug-likeness (QED) is 0.714. The van der Waals surface area contributed by atoms with E-state index in [9.17, 15) is 9.59 Å². The molecule has 0 spiro atoms. The van der Waals surface area contributed by atoms with Gasteiger partial charge in [-0.3, -0.25) is 9.59 Å². The number of likely N-dealkylation sites (tertiary alicyclic amines) is 1. The minimum Gasteiger partial charge on any atom is -0.493 e. The average molecular weight is 441 g/mol. The number of hydrogen-bond donors (Lipinski definition) is 1. The number of ether oxygens (including phenoxy) is 2. The second-order valence-corrected chi connectivity index (χ2v) is 9.05. The van der Waals surface area contributed by atoms with Crippen LogP contribution in [-0.4, -0.2) is 49.8 Å². The molecular formula is C24H28N2O4S. The van der Waals surface area contributed by atoms with Gasteiger partial charge in [0.2, 0.25) is 11.8 Å². The Morgan fingerprint density at radius 2 is 1.97 bits per heavy atom. The lowest BCUT2D eigenvalue weighted by atomic mass is 10.0. The largest absolute Gasteiger partial charge is 0.493 e. The number of rotatable bonds is 7. The van der Waals surface area contributed by atoms with Crippen LogP contribution in [0.2, 0.25) is 0 Å². The number of nitrogens with one attached hydrogen (secondary N) is 1. The Kier molecular flexibility index (Phi) is 6.70. The van der Waals surface area contributed by atoms with E-state index < -0.39 is 0 Å². The van der Waals surface area contributed by atoms with E-state index in [2.05, 4.69) is 17.4 Å². The van der Waals surface area contributed by atoms with Crippen LogP contribution >= 0.6 is 11.8 Å². The van der Waals surface area contributed by atoms with Gasteiger partial charge in [0.05, 0.1) is 26.2 Å². The molecule has 2 amide bonds. The molecule has 0 unspecified atom stereocenters. The average Bonchev–Trinajstić information content (AvgIpc) is 3.18. The molecule has 7 heteroatoms. The lowest BCUT2D eigenvalue weighted by molar-refractivity contribution is -0.129. The molecule has 0 bridgehead atoms. The van der Waals surface area contributed by atoms with E-state index in [-0.39, 0.29) is 30.2 Å². The van der Waals surface area contributed by atoms with E-state index >= 15 is 0 Å². The highest BCUT2D eigenvalue weighted by molar-refractivity contribution is 7.99. The highest BCUT2D eigenvalue weighted by Gasteiger charge is 2.35. The zero-order chi connectivity index (χ0) is 21.8. The fraction of sp³-hybridized carbons (Fsp3) is 0.417. The number of methoxy groups -OCH3 is 2. The molecule has 1 saturated heterocycles. The van der Waals surface area contributed by atoms with Gasteiger partial charge in [0.15, 0.2) is 11.5 Å². The number of hydrogen-bond acceptors (Lipinski definition) is 5. The van der Waals surface area contributed by atoms with Crippen LogP contribution in [0, 0.1) is 5.92 Å². The number of thioether (sulfide) groups is 1. The third-order valence-electron chi connectivity index (χ3n) is 5.98. The number of carbonyl (C=O) groups excluding carboxylic acids is 2. The number of amides is 2. The summed E-state index contributed by atoms with van der Waals surface area (Å²) in [5.41, 5.74) is 2.25. The van der Waals surface area contributed by atoms with Crippen molar-refractivity contribution in [1.29, 1.82) is 0 Å². The van der Waals surface area contributed by atoms with Crippen LogP contribution in [0.1, 0.15) is 30.0 Å². The first-order chi connectivity index (χ1) is 15.1. The van der Waals surface area contributed by atoms with E-state index in [0.717, 1.165) is 17.7 Å². The van der Waals surface area contributed by atoms with Crippen molar-refractivity contribution >= 4 is 23.6 Å². The summed E-state index contributed by atoms with van der Waals surface area (Å²) in [6, 6.07) is 14.0. The fourth-order valence-corrected chi connectivity index (χ4v) is 5.37. The van der Waals surface area contributed by atoms with E-state index in [0.29, 0.717) is 31.0 Å². The van der Waals surface area contributed by atoms with Gasteiger partial charge in [0, 0.05) is 30.2 Å². The summed E-state index contributed by atoms with van der Waals surface area (Å²) >= 11 is 1.83. The molecule has 0 aliphatic carbocycles. The Labute approximate surface area is 187 Å². The Morgan fingerprint density at radius 3 is 2.77 bits per heavy atom. The Morgan fingerprint density at radius 1 is 1.16 bits per heavy atom. The number of fused-ring (bicyclic) bond motifs is 1. The van der Waals surface area contributed by atoms with Crippen molar-refractivity contribution in [3.63, 3.8) is 0 Å². The van der Waals surface area contributed by atoms with Crippen molar-refractivity contribution < 1.29 is 19.1 Å². The summed E-state index contributed by atoms with van der Waals surface area (Å²) in [4.78, 5) is 28.5. The van der Waals surface area contributed by atoms with Crippen LogP contribution in [0.3, 0.4) is 0 Å². The minimum atomic E-state index is -0.292. The van der Waals surface area contributed by atoms with Crippen LogP contribution in [0.25, 0.3) is 0 Å². The lowest BCUT2D eigenvalue weighted by Gasteiger charge is -2.27. The van der Waals surface area contributed by atoms with Crippen LogP contribution in [0.4, 0.5) is 0 Å². The molecule has 0 radical (unpaired) electrons. The zero-order valence-electron chi connectivity index (χ0n) is 17.9. The smallest absolute Gasteiger partial charge is 0.225 e. The molecule has 2 aliphatic rings. The summed E-state index contributed by atoms with van der Waals surface area (Å²) in [6.45, 7) is 1.06. The molecule has 0 aromatic heterocycles. The SMILES string of the molecule is COc1ccc(CCN2C[C@@H](C(=O)N[C@@H]3CCSc4ccccc43)CC2=O)cc1OC. The molecule has 164 valence electrons. The van der Waals surface area contributed by atoms with Crippen molar-refractivity contribution in [3.05, 3.63) is 53.6 Å². The molecule has 6 nitrogen and oxygen atoms in total. The fourth-order valence-electron chi connectivity index (χ4n) is 4.25. The third kappa shape index (κ3) is 4.82.